The van der Waals surface area contributed by atoms with Gasteiger partial charge < -0.3 is 10.4 Å². The minimum Gasteiger partial charge on any atom is -0.378 e. The molecule has 0 radical (unpaired) electrons. The van der Waals surface area contributed by atoms with Crippen LogP contribution in [-0.2, 0) is 11.2 Å². The summed E-state index contributed by atoms with van der Waals surface area (Å²) in [5.74, 6) is -0.877. The molecule has 20 heavy (non-hydrogen) atoms. The van der Waals surface area contributed by atoms with Gasteiger partial charge in [0.25, 0.3) is 5.91 Å². The largest absolute Gasteiger partial charge is 0.378 e. The van der Waals surface area contributed by atoms with Crippen LogP contribution < -0.4 is 5.32 Å². The summed E-state index contributed by atoms with van der Waals surface area (Å²) >= 11 is 0. The molecule has 2 N–H and O–H groups in total. The van der Waals surface area contributed by atoms with Gasteiger partial charge in [0, 0.05) is 6.54 Å². The van der Waals surface area contributed by atoms with E-state index in [1.165, 1.54) is 24.3 Å². The normalized spacial score (nSPS) is 11.9. The number of aliphatic hydroxyl groups excluding tert-OH is 1. The summed E-state index contributed by atoms with van der Waals surface area (Å²) in [5.41, 5.74) is 1.49. The van der Waals surface area contributed by atoms with Crippen molar-refractivity contribution >= 4 is 5.91 Å². The van der Waals surface area contributed by atoms with Crippen LogP contribution in [0.15, 0.2) is 54.6 Å². The highest BCUT2D eigenvalue weighted by atomic mass is 19.1. The summed E-state index contributed by atoms with van der Waals surface area (Å²) in [6.07, 6.45) is -0.575. The zero-order valence-corrected chi connectivity index (χ0v) is 10.9. The first-order chi connectivity index (χ1) is 9.66. The van der Waals surface area contributed by atoms with Crippen LogP contribution in [0.3, 0.4) is 0 Å². The number of rotatable bonds is 5. The molecule has 2 aromatic rings. The van der Waals surface area contributed by atoms with E-state index in [1.807, 2.05) is 30.3 Å². The Kier molecular flexibility index (Phi) is 4.85. The van der Waals surface area contributed by atoms with Crippen LogP contribution in [0.4, 0.5) is 4.39 Å². The van der Waals surface area contributed by atoms with Crippen molar-refractivity contribution in [2.45, 2.75) is 12.5 Å². The standard InChI is InChI=1S/C16H16FNO2/c17-14-8-6-13(7-9-14)15(19)16(20)18-11-10-12-4-2-1-3-5-12/h1-9,15,19H,10-11H2,(H,18,20). The predicted octanol–water partition coefficient (Wildman–Crippen LogP) is 2.22. The van der Waals surface area contributed by atoms with Gasteiger partial charge in [0.15, 0.2) is 6.10 Å². The SMILES string of the molecule is O=C(NCCc1ccccc1)C(O)c1ccc(F)cc1. The first-order valence-electron chi connectivity index (χ1n) is 6.42. The summed E-state index contributed by atoms with van der Waals surface area (Å²) in [6, 6.07) is 15.0. The second-order valence-electron chi connectivity index (χ2n) is 4.48. The summed E-state index contributed by atoms with van der Waals surface area (Å²) < 4.78 is 12.8. The maximum Gasteiger partial charge on any atom is 0.253 e. The number of nitrogens with one attached hydrogen (secondary N) is 1. The molecule has 1 amide bonds. The van der Waals surface area contributed by atoms with Gasteiger partial charge in [0.2, 0.25) is 0 Å². The number of hydrogen-bond acceptors (Lipinski definition) is 2. The lowest BCUT2D eigenvalue weighted by atomic mass is 10.1. The lowest BCUT2D eigenvalue weighted by molar-refractivity contribution is -0.129. The molecule has 2 rings (SSSR count). The summed E-state index contributed by atoms with van der Waals surface area (Å²) in [6.45, 7) is 0.446. The quantitative estimate of drug-likeness (QED) is 0.877. The van der Waals surface area contributed by atoms with Crippen molar-refractivity contribution in [2.24, 2.45) is 0 Å². The minimum atomic E-state index is -1.27. The third-order valence-corrected chi connectivity index (χ3v) is 2.99. The molecular weight excluding hydrogens is 257 g/mol. The maximum absolute atomic E-state index is 12.8. The number of amides is 1. The third kappa shape index (κ3) is 3.90. The molecule has 0 aromatic heterocycles. The van der Waals surface area contributed by atoms with Crippen LogP contribution >= 0.6 is 0 Å². The molecule has 0 aliphatic rings. The zero-order valence-electron chi connectivity index (χ0n) is 10.9. The van der Waals surface area contributed by atoms with Gasteiger partial charge in [0.05, 0.1) is 0 Å². The number of carbonyl (C=O) groups is 1. The molecule has 104 valence electrons. The number of aliphatic hydroxyl groups is 1. The van der Waals surface area contributed by atoms with E-state index in [9.17, 15) is 14.3 Å². The van der Waals surface area contributed by atoms with Crippen LogP contribution in [0, 0.1) is 5.82 Å². The lowest BCUT2D eigenvalue weighted by Crippen LogP contribution is -2.30. The van der Waals surface area contributed by atoms with Crippen molar-refractivity contribution in [3.05, 3.63) is 71.5 Å². The monoisotopic (exact) mass is 273 g/mol. The number of carbonyl (C=O) groups excluding carboxylic acids is 1. The highest BCUT2D eigenvalue weighted by molar-refractivity contribution is 5.81. The molecule has 0 aliphatic carbocycles. The fourth-order valence-corrected chi connectivity index (χ4v) is 1.87. The Labute approximate surface area is 117 Å². The fourth-order valence-electron chi connectivity index (χ4n) is 1.87. The van der Waals surface area contributed by atoms with Gasteiger partial charge in [-0.25, -0.2) is 4.39 Å². The van der Waals surface area contributed by atoms with Gasteiger partial charge in [-0.2, -0.15) is 0 Å². The number of benzene rings is 2. The maximum atomic E-state index is 12.8. The molecule has 3 nitrogen and oxygen atoms in total. The van der Waals surface area contributed by atoms with Crippen molar-refractivity contribution in [3.63, 3.8) is 0 Å². The van der Waals surface area contributed by atoms with Crippen molar-refractivity contribution in [1.82, 2.24) is 5.32 Å². The second-order valence-corrected chi connectivity index (χ2v) is 4.48. The Hall–Kier alpha value is -2.20. The Morgan fingerprint density at radius 2 is 1.75 bits per heavy atom. The molecule has 0 bridgehead atoms. The van der Waals surface area contributed by atoms with E-state index in [2.05, 4.69) is 5.32 Å². The van der Waals surface area contributed by atoms with E-state index in [0.717, 1.165) is 5.56 Å². The fraction of sp³-hybridized carbons (Fsp3) is 0.188. The van der Waals surface area contributed by atoms with Gasteiger partial charge in [0.1, 0.15) is 5.82 Å². The minimum absolute atomic E-state index is 0.378. The van der Waals surface area contributed by atoms with Crippen LogP contribution in [0.5, 0.6) is 0 Å². The molecule has 0 spiro atoms. The van der Waals surface area contributed by atoms with E-state index in [0.29, 0.717) is 18.5 Å². The lowest BCUT2D eigenvalue weighted by Gasteiger charge is -2.11. The first-order valence-corrected chi connectivity index (χ1v) is 6.42. The van der Waals surface area contributed by atoms with Gasteiger partial charge in [-0.1, -0.05) is 42.5 Å². The molecule has 0 saturated carbocycles. The smallest absolute Gasteiger partial charge is 0.253 e. The van der Waals surface area contributed by atoms with Crippen molar-refractivity contribution in [2.75, 3.05) is 6.54 Å². The topological polar surface area (TPSA) is 49.3 Å². The Morgan fingerprint density at radius 1 is 1.10 bits per heavy atom. The zero-order chi connectivity index (χ0) is 14.4. The van der Waals surface area contributed by atoms with Crippen molar-refractivity contribution in [1.29, 1.82) is 0 Å². The molecule has 0 saturated heterocycles. The summed E-state index contributed by atoms with van der Waals surface area (Å²) in [7, 11) is 0. The Balaban J connectivity index is 1.84. The first kappa shape index (κ1) is 14.2. The van der Waals surface area contributed by atoms with Crippen molar-refractivity contribution < 1.29 is 14.3 Å². The Bertz CT molecular complexity index is 554. The highest BCUT2D eigenvalue weighted by Crippen LogP contribution is 2.13. The van der Waals surface area contributed by atoms with Gasteiger partial charge in [-0.3, -0.25) is 4.79 Å². The van der Waals surface area contributed by atoms with Crippen LogP contribution in [-0.4, -0.2) is 17.6 Å². The molecule has 0 aliphatic heterocycles. The molecule has 0 heterocycles. The molecule has 2 aromatic carbocycles. The molecule has 1 unspecified atom stereocenters. The predicted molar refractivity (Wildman–Crippen MR) is 74.5 cm³/mol. The average Bonchev–Trinajstić information content (AvgIpc) is 2.48. The third-order valence-electron chi connectivity index (χ3n) is 2.99. The van der Waals surface area contributed by atoms with Crippen LogP contribution in [0.2, 0.25) is 0 Å². The van der Waals surface area contributed by atoms with Gasteiger partial charge >= 0.3 is 0 Å². The van der Waals surface area contributed by atoms with E-state index in [4.69, 9.17) is 0 Å². The highest BCUT2D eigenvalue weighted by Gasteiger charge is 2.16. The van der Waals surface area contributed by atoms with Crippen LogP contribution in [0.25, 0.3) is 0 Å². The van der Waals surface area contributed by atoms with Crippen molar-refractivity contribution in [3.8, 4) is 0 Å². The molecule has 0 fully saturated rings. The molecular formula is C16H16FNO2. The summed E-state index contributed by atoms with van der Waals surface area (Å²) in [5, 5.41) is 12.5. The summed E-state index contributed by atoms with van der Waals surface area (Å²) in [4.78, 5) is 11.8. The Morgan fingerprint density at radius 3 is 2.40 bits per heavy atom. The number of hydrogen-bond donors (Lipinski definition) is 2. The van der Waals surface area contributed by atoms with Crippen LogP contribution in [0.1, 0.15) is 17.2 Å². The second kappa shape index (κ2) is 6.82. The van der Waals surface area contributed by atoms with Gasteiger partial charge in [-0.15, -0.1) is 0 Å². The molecule has 4 heteroatoms. The van der Waals surface area contributed by atoms with E-state index >= 15 is 0 Å². The molecule has 1 atom stereocenters. The van der Waals surface area contributed by atoms with E-state index in [-0.39, 0.29) is 0 Å². The average molecular weight is 273 g/mol. The van der Waals surface area contributed by atoms with Gasteiger partial charge in [-0.05, 0) is 29.7 Å². The number of halogens is 1. The van der Waals surface area contributed by atoms with E-state index in [1.54, 1.807) is 0 Å². The van der Waals surface area contributed by atoms with E-state index < -0.39 is 17.8 Å².